The summed E-state index contributed by atoms with van der Waals surface area (Å²) >= 11 is 5.80. The molecule has 1 saturated carbocycles. The third-order valence-corrected chi connectivity index (χ3v) is 5.58. The highest BCUT2D eigenvalue weighted by Crippen LogP contribution is 2.28. The Kier molecular flexibility index (Phi) is 5.16. The molecule has 1 aliphatic carbocycles. The summed E-state index contributed by atoms with van der Waals surface area (Å²) in [6.07, 6.45) is 3.07. The van der Waals surface area contributed by atoms with Crippen LogP contribution in [-0.4, -0.2) is 20.3 Å². The lowest BCUT2D eigenvalue weighted by Gasteiger charge is -2.30. The molecule has 0 amide bonds. The first-order valence-electron chi connectivity index (χ1n) is 6.58. The minimum atomic E-state index is -4.41. The summed E-state index contributed by atoms with van der Waals surface area (Å²) in [6.45, 7) is 0. The van der Waals surface area contributed by atoms with Crippen molar-refractivity contribution >= 4 is 21.6 Å². The third-order valence-electron chi connectivity index (χ3n) is 3.65. The van der Waals surface area contributed by atoms with Crippen LogP contribution >= 0.6 is 11.6 Å². The molecule has 0 spiro atoms. The van der Waals surface area contributed by atoms with Crippen molar-refractivity contribution in [3.05, 3.63) is 29.6 Å². The predicted molar refractivity (Wildman–Crippen MR) is 73.1 cm³/mol. The lowest BCUT2D eigenvalue weighted by molar-refractivity contribution is 0.313. The minimum absolute atomic E-state index is 0.0817. The molecule has 3 nitrogen and oxygen atoms in total. The molecule has 2 rings (SSSR count). The van der Waals surface area contributed by atoms with Crippen LogP contribution in [0.15, 0.2) is 17.0 Å². The summed E-state index contributed by atoms with van der Waals surface area (Å²) in [4.78, 5) is -1.15. The summed E-state index contributed by atoms with van der Waals surface area (Å²) in [5.41, 5.74) is 0. The molecule has 0 bridgehead atoms. The average Bonchev–Trinajstić information content (AvgIpc) is 2.37. The highest BCUT2D eigenvalue weighted by atomic mass is 35.5. The van der Waals surface area contributed by atoms with Gasteiger partial charge in [-0.2, -0.15) is 0 Å². The second-order valence-corrected chi connectivity index (χ2v) is 7.08. The Morgan fingerprint density at radius 3 is 2.29 bits per heavy atom. The molecule has 0 radical (unpaired) electrons. The average molecular weight is 342 g/mol. The number of hydrogen-bond acceptors (Lipinski definition) is 2. The number of rotatable bonds is 4. The van der Waals surface area contributed by atoms with Crippen LogP contribution in [0.4, 0.5) is 13.2 Å². The van der Waals surface area contributed by atoms with Gasteiger partial charge in [0, 0.05) is 24.1 Å². The Labute approximate surface area is 126 Å². The van der Waals surface area contributed by atoms with Gasteiger partial charge in [0.25, 0.3) is 0 Å². The number of benzene rings is 1. The molecule has 1 N–H and O–H groups in total. The molecule has 0 saturated heterocycles. The maximum absolute atomic E-state index is 13.6. The van der Waals surface area contributed by atoms with Crippen LogP contribution in [0, 0.1) is 23.4 Å². The van der Waals surface area contributed by atoms with Crippen LogP contribution in [0.1, 0.15) is 25.7 Å². The molecular formula is C13H15ClF3NO2S. The Morgan fingerprint density at radius 1 is 1.14 bits per heavy atom. The maximum Gasteiger partial charge on any atom is 0.246 e. The standard InChI is InChI=1S/C13H15ClF3NO2S/c14-7-8-3-1-2-4-12(8)18-21(19,20)13-10(16)5-9(15)6-11(13)17/h5-6,8,12,18H,1-4,7H2. The van der Waals surface area contributed by atoms with Gasteiger partial charge in [-0.1, -0.05) is 12.8 Å². The van der Waals surface area contributed by atoms with E-state index >= 15 is 0 Å². The highest BCUT2D eigenvalue weighted by molar-refractivity contribution is 7.89. The van der Waals surface area contributed by atoms with Gasteiger partial charge in [-0.25, -0.2) is 26.3 Å². The van der Waals surface area contributed by atoms with E-state index in [1.165, 1.54) is 0 Å². The van der Waals surface area contributed by atoms with Crippen LogP contribution in [0.2, 0.25) is 0 Å². The lowest BCUT2D eigenvalue weighted by atomic mass is 9.86. The largest absolute Gasteiger partial charge is 0.246 e. The number of sulfonamides is 1. The van der Waals surface area contributed by atoms with Gasteiger partial charge in [-0.3, -0.25) is 0 Å². The monoisotopic (exact) mass is 341 g/mol. The zero-order valence-corrected chi connectivity index (χ0v) is 12.7. The number of nitrogens with one attached hydrogen (secondary N) is 1. The quantitative estimate of drug-likeness (QED) is 0.855. The first kappa shape index (κ1) is 16.6. The Balaban J connectivity index is 2.30. The van der Waals surface area contributed by atoms with Gasteiger partial charge in [0.1, 0.15) is 17.5 Å². The normalized spacial score (nSPS) is 23.2. The van der Waals surface area contributed by atoms with Crippen LogP contribution in [0.25, 0.3) is 0 Å². The molecule has 1 fully saturated rings. The van der Waals surface area contributed by atoms with Gasteiger partial charge < -0.3 is 0 Å². The van der Waals surface area contributed by atoms with Gasteiger partial charge in [-0.05, 0) is 18.8 Å². The van der Waals surface area contributed by atoms with Gasteiger partial charge >= 0.3 is 0 Å². The Bertz CT molecular complexity index is 601. The predicted octanol–water partition coefficient (Wildman–Crippen LogP) is 3.18. The molecule has 0 aromatic heterocycles. The van der Waals surface area contributed by atoms with Crippen molar-refractivity contribution < 1.29 is 21.6 Å². The second-order valence-electron chi connectivity index (χ2n) is 5.13. The molecule has 2 unspecified atom stereocenters. The molecule has 21 heavy (non-hydrogen) atoms. The van der Waals surface area contributed by atoms with Crippen molar-refractivity contribution in [2.45, 2.75) is 36.6 Å². The Hall–Kier alpha value is -0.790. The molecule has 2 atom stereocenters. The zero-order chi connectivity index (χ0) is 15.6. The maximum atomic E-state index is 13.6. The van der Waals surface area contributed by atoms with Crippen molar-refractivity contribution in [3.8, 4) is 0 Å². The van der Waals surface area contributed by atoms with E-state index in [9.17, 15) is 21.6 Å². The van der Waals surface area contributed by atoms with E-state index in [1.54, 1.807) is 0 Å². The first-order chi connectivity index (χ1) is 9.85. The van der Waals surface area contributed by atoms with Crippen LogP contribution in [-0.2, 0) is 10.0 Å². The number of alkyl halides is 1. The number of halogens is 4. The SMILES string of the molecule is O=S(=O)(NC1CCCCC1CCl)c1c(F)cc(F)cc1F. The highest BCUT2D eigenvalue weighted by Gasteiger charge is 2.32. The molecule has 0 heterocycles. The molecule has 1 aliphatic rings. The fourth-order valence-corrected chi connectivity index (χ4v) is 4.42. The van der Waals surface area contributed by atoms with E-state index in [1.807, 2.05) is 0 Å². The summed E-state index contributed by atoms with van der Waals surface area (Å²) in [7, 11) is -4.41. The van der Waals surface area contributed by atoms with E-state index in [-0.39, 0.29) is 11.8 Å². The Morgan fingerprint density at radius 2 is 1.71 bits per heavy atom. The van der Waals surface area contributed by atoms with E-state index in [2.05, 4.69) is 4.72 Å². The van der Waals surface area contributed by atoms with E-state index in [4.69, 9.17) is 11.6 Å². The van der Waals surface area contributed by atoms with Crippen LogP contribution in [0.5, 0.6) is 0 Å². The molecule has 8 heteroatoms. The smallest absolute Gasteiger partial charge is 0.208 e. The summed E-state index contributed by atoms with van der Waals surface area (Å²) in [5.74, 6) is -3.87. The van der Waals surface area contributed by atoms with Crippen LogP contribution in [0.3, 0.4) is 0 Å². The van der Waals surface area contributed by atoms with Crippen molar-refractivity contribution in [1.29, 1.82) is 0 Å². The van der Waals surface area contributed by atoms with Crippen molar-refractivity contribution in [1.82, 2.24) is 4.72 Å². The third kappa shape index (κ3) is 3.70. The van der Waals surface area contributed by atoms with Crippen molar-refractivity contribution in [3.63, 3.8) is 0 Å². The van der Waals surface area contributed by atoms with Gasteiger partial charge in [0.05, 0.1) is 0 Å². The van der Waals surface area contributed by atoms with E-state index in [0.717, 1.165) is 19.3 Å². The first-order valence-corrected chi connectivity index (χ1v) is 8.59. The molecular weight excluding hydrogens is 327 g/mol. The van der Waals surface area contributed by atoms with Crippen molar-refractivity contribution in [2.75, 3.05) is 5.88 Å². The summed E-state index contributed by atoms with van der Waals surface area (Å²) in [6, 6.07) is 0.222. The van der Waals surface area contributed by atoms with Crippen LogP contribution < -0.4 is 4.72 Å². The molecule has 0 aliphatic heterocycles. The topological polar surface area (TPSA) is 46.2 Å². The zero-order valence-electron chi connectivity index (χ0n) is 11.1. The summed E-state index contributed by atoms with van der Waals surface area (Å²) in [5, 5.41) is 0. The fraction of sp³-hybridized carbons (Fsp3) is 0.538. The van der Waals surface area contributed by atoms with Gasteiger partial charge in [0.2, 0.25) is 10.0 Å². The summed E-state index contributed by atoms with van der Waals surface area (Å²) < 4.78 is 66.7. The second kappa shape index (κ2) is 6.54. The molecule has 1 aromatic carbocycles. The lowest BCUT2D eigenvalue weighted by Crippen LogP contribution is -2.43. The minimum Gasteiger partial charge on any atom is -0.208 e. The van der Waals surface area contributed by atoms with Gasteiger partial charge in [0.15, 0.2) is 4.90 Å². The van der Waals surface area contributed by atoms with Gasteiger partial charge in [-0.15, -0.1) is 11.6 Å². The fourth-order valence-electron chi connectivity index (χ4n) is 2.59. The van der Waals surface area contributed by atoms with E-state index in [0.29, 0.717) is 18.6 Å². The number of hydrogen-bond donors (Lipinski definition) is 1. The van der Waals surface area contributed by atoms with Crippen molar-refractivity contribution in [2.24, 2.45) is 5.92 Å². The molecule has 1 aromatic rings. The van der Waals surface area contributed by atoms with E-state index < -0.39 is 38.4 Å². The molecule has 118 valence electrons.